The van der Waals surface area contributed by atoms with E-state index in [-0.39, 0.29) is 0 Å². The Kier molecular flexibility index (Phi) is 3.34. The first-order chi connectivity index (χ1) is 9.63. The molecular weight excluding hydrogens is 297 g/mol. The molecule has 0 amide bonds. The minimum Gasteiger partial charge on any atom is -0.416 e. The standard InChI is InChI=1S/C14H9Cl2N3O/c15-9-3-6-11(12(16)7-9)14-19-18-13(20-14)8-1-4-10(17)5-2-8/h1-7H,17H2. The maximum absolute atomic E-state index is 6.11. The van der Waals surface area contributed by atoms with Gasteiger partial charge in [0.25, 0.3) is 0 Å². The van der Waals surface area contributed by atoms with E-state index in [0.717, 1.165) is 5.56 Å². The number of benzene rings is 2. The Morgan fingerprint density at radius 2 is 1.60 bits per heavy atom. The van der Waals surface area contributed by atoms with Crippen LogP contribution in [0.4, 0.5) is 5.69 Å². The first-order valence-electron chi connectivity index (χ1n) is 5.78. The Morgan fingerprint density at radius 3 is 2.30 bits per heavy atom. The van der Waals surface area contributed by atoms with Crippen molar-refractivity contribution in [2.24, 2.45) is 0 Å². The number of aromatic nitrogens is 2. The highest BCUT2D eigenvalue weighted by molar-refractivity contribution is 6.36. The van der Waals surface area contributed by atoms with E-state index in [1.165, 1.54) is 0 Å². The molecule has 20 heavy (non-hydrogen) atoms. The molecule has 0 aliphatic rings. The van der Waals surface area contributed by atoms with Gasteiger partial charge < -0.3 is 10.2 Å². The number of nitrogens with zero attached hydrogens (tertiary/aromatic N) is 2. The summed E-state index contributed by atoms with van der Waals surface area (Å²) in [6.45, 7) is 0. The van der Waals surface area contributed by atoms with Crippen molar-refractivity contribution in [3.63, 3.8) is 0 Å². The van der Waals surface area contributed by atoms with Gasteiger partial charge in [-0.15, -0.1) is 10.2 Å². The van der Waals surface area contributed by atoms with E-state index < -0.39 is 0 Å². The molecule has 3 aromatic rings. The molecule has 3 rings (SSSR count). The molecule has 0 fully saturated rings. The molecule has 0 radical (unpaired) electrons. The fraction of sp³-hybridized carbons (Fsp3) is 0. The molecule has 100 valence electrons. The van der Waals surface area contributed by atoms with Gasteiger partial charge in [0.2, 0.25) is 11.8 Å². The van der Waals surface area contributed by atoms with Gasteiger partial charge in [-0.3, -0.25) is 0 Å². The lowest BCUT2D eigenvalue weighted by atomic mass is 10.2. The second-order valence-electron chi connectivity index (χ2n) is 4.16. The maximum Gasteiger partial charge on any atom is 0.249 e. The van der Waals surface area contributed by atoms with E-state index in [0.29, 0.717) is 33.1 Å². The Bertz CT molecular complexity index is 753. The largest absolute Gasteiger partial charge is 0.416 e. The molecule has 1 aromatic heterocycles. The highest BCUT2D eigenvalue weighted by atomic mass is 35.5. The van der Waals surface area contributed by atoms with E-state index in [9.17, 15) is 0 Å². The number of rotatable bonds is 2. The number of halogens is 2. The van der Waals surface area contributed by atoms with E-state index in [1.54, 1.807) is 30.3 Å². The third-order valence-electron chi connectivity index (χ3n) is 2.74. The number of hydrogen-bond donors (Lipinski definition) is 1. The second-order valence-corrected chi connectivity index (χ2v) is 5.00. The average Bonchev–Trinajstić information content (AvgIpc) is 2.89. The lowest BCUT2D eigenvalue weighted by Crippen LogP contribution is -1.83. The summed E-state index contributed by atoms with van der Waals surface area (Å²) in [5.41, 5.74) is 7.75. The van der Waals surface area contributed by atoms with Crippen molar-refractivity contribution in [3.8, 4) is 22.9 Å². The molecule has 0 bridgehead atoms. The molecule has 1 heterocycles. The Balaban J connectivity index is 1.99. The van der Waals surface area contributed by atoms with Crippen LogP contribution in [0.2, 0.25) is 10.0 Å². The Morgan fingerprint density at radius 1 is 0.900 bits per heavy atom. The monoisotopic (exact) mass is 305 g/mol. The minimum atomic E-state index is 0.346. The molecule has 0 saturated carbocycles. The van der Waals surface area contributed by atoms with Crippen LogP contribution in [0.5, 0.6) is 0 Å². The fourth-order valence-corrected chi connectivity index (χ4v) is 2.23. The summed E-state index contributed by atoms with van der Waals surface area (Å²) in [4.78, 5) is 0. The van der Waals surface area contributed by atoms with E-state index in [2.05, 4.69) is 10.2 Å². The van der Waals surface area contributed by atoms with Crippen molar-refractivity contribution in [1.82, 2.24) is 10.2 Å². The van der Waals surface area contributed by atoms with Gasteiger partial charge >= 0.3 is 0 Å². The minimum absolute atomic E-state index is 0.346. The van der Waals surface area contributed by atoms with Gasteiger partial charge in [0, 0.05) is 16.3 Å². The third-order valence-corrected chi connectivity index (χ3v) is 3.29. The zero-order valence-corrected chi connectivity index (χ0v) is 11.7. The van der Waals surface area contributed by atoms with E-state index >= 15 is 0 Å². The molecule has 0 saturated heterocycles. The first-order valence-corrected chi connectivity index (χ1v) is 6.54. The lowest BCUT2D eigenvalue weighted by Gasteiger charge is -1.99. The van der Waals surface area contributed by atoms with Gasteiger partial charge in [0.05, 0.1) is 10.6 Å². The number of hydrogen-bond acceptors (Lipinski definition) is 4. The molecule has 6 heteroatoms. The number of nitrogens with two attached hydrogens (primary N) is 1. The molecule has 2 aromatic carbocycles. The summed E-state index contributed by atoms with van der Waals surface area (Å²) in [5.74, 6) is 0.754. The smallest absolute Gasteiger partial charge is 0.249 e. The van der Waals surface area contributed by atoms with Crippen molar-refractivity contribution in [1.29, 1.82) is 0 Å². The predicted molar refractivity (Wildman–Crippen MR) is 79.6 cm³/mol. The lowest BCUT2D eigenvalue weighted by molar-refractivity contribution is 0.584. The van der Waals surface area contributed by atoms with Crippen LogP contribution in [0.3, 0.4) is 0 Å². The van der Waals surface area contributed by atoms with Crippen molar-refractivity contribution in [3.05, 3.63) is 52.5 Å². The average molecular weight is 306 g/mol. The molecule has 2 N–H and O–H groups in total. The molecule has 0 spiro atoms. The summed E-state index contributed by atoms with van der Waals surface area (Å²) in [5, 5.41) is 9.02. The van der Waals surface area contributed by atoms with Crippen LogP contribution in [0, 0.1) is 0 Å². The molecule has 0 atom stereocenters. The van der Waals surface area contributed by atoms with Crippen LogP contribution >= 0.6 is 23.2 Å². The van der Waals surface area contributed by atoms with Crippen LogP contribution in [0.15, 0.2) is 46.9 Å². The van der Waals surface area contributed by atoms with Crippen molar-refractivity contribution < 1.29 is 4.42 Å². The molecule has 0 aliphatic carbocycles. The van der Waals surface area contributed by atoms with Crippen LogP contribution < -0.4 is 5.73 Å². The third kappa shape index (κ3) is 2.48. The van der Waals surface area contributed by atoms with Gasteiger partial charge in [0.15, 0.2) is 0 Å². The van der Waals surface area contributed by atoms with Crippen LogP contribution in [-0.2, 0) is 0 Å². The number of anilines is 1. The van der Waals surface area contributed by atoms with Crippen LogP contribution in [-0.4, -0.2) is 10.2 Å². The summed E-state index contributed by atoms with van der Waals surface area (Å²) >= 11 is 12.0. The van der Waals surface area contributed by atoms with Crippen LogP contribution in [0.25, 0.3) is 22.9 Å². The zero-order valence-electron chi connectivity index (χ0n) is 10.2. The van der Waals surface area contributed by atoms with E-state index in [1.807, 2.05) is 12.1 Å². The maximum atomic E-state index is 6.11. The predicted octanol–water partition coefficient (Wildman–Crippen LogP) is 4.29. The normalized spacial score (nSPS) is 10.7. The molecule has 0 unspecified atom stereocenters. The highest BCUT2D eigenvalue weighted by Crippen LogP contribution is 2.31. The summed E-state index contributed by atoms with van der Waals surface area (Å²) in [7, 11) is 0. The molecular formula is C14H9Cl2N3O. The van der Waals surface area contributed by atoms with Crippen molar-refractivity contribution in [2.45, 2.75) is 0 Å². The van der Waals surface area contributed by atoms with Gasteiger partial charge in [-0.2, -0.15) is 0 Å². The van der Waals surface area contributed by atoms with Gasteiger partial charge in [0.1, 0.15) is 0 Å². The highest BCUT2D eigenvalue weighted by Gasteiger charge is 2.13. The van der Waals surface area contributed by atoms with Crippen LogP contribution in [0.1, 0.15) is 0 Å². The van der Waals surface area contributed by atoms with Gasteiger partial charge in [-0.25, -0.2) is 0 Å². The fourth-order valence-electron chi connectivity index (χ4n) is 1.74. The Labute approximate surface area is 125 Å². The molecule has 0 aliphatic heterocycles. The molecule has 4 nitrogen and oxygen atoms in total. The van der Waals surface area contributed by atoms with Gasteiger partial charge in [-0.05, 0) is 42.5 Å². The van der Waals surface area contributed by atoms with E-state index in [4.69, 9.17) is 33.4 Å². The summed E-state index contributed by atoms with van der Waals surface area (Å²) in [6.07, 6.45) is 0. The van der Waals surface area contributed by atoms with Crippen molar-refractivity contribution >= 4 is 28.9 Å². The SMILES string of the molecule is Nc1ccc(-c2nnc(-c3ccc(Cl)cc3Cl)o2)cc1. The number of nitrogen functional groups attached to an aromatic ring is 1. The summed E-state index contributed by atoms with van der Waals surface area (Å²) in [6, 6.07) is 12.3. The first kappa shape index (κ1) is 13.0. The van der Waals surface area contributed by atoms with Gasteiger partial charge in [-0.1, -0.05) is 23.2 Å². The quantitative estimate of drug-likeness (QED) is 0.717. The zero-order chi connectivity index (χ0) is 14.1. The topological polar surface area (TPSA) is 64.9 Å². The Hall–Kier alpha value is -2.04. The van der Waals surface area contributed by atoms with Crippen molar-refractivity contribution in [2.75, 3.05) is 5.73 Å². The second kappa shape index (κ2) is 5.15. The summed E-state index contributed by atoms with van der Waals surface area (Å²) < 4.78 is 5.63.